The van der Waals surface area contributed by atoms with Crippen LogP contribution in [0.1, 0.15) is 23.5 Å². The summed E-state index contributed by atoms with van der Waals surface area (Å²) in [6.45, 7) is 3.09. The van der Waals surface area contributed by atoms with Gasteiger partial charge in [0.15, 0.2) is 5.13 Å². The van der Waals surface area contributed by atoms with E-state index >= 15 is 0 Å². The number of thiazole rings is 1. The highest BCUT2D eigenvalue weighted by Crippen LogP contribution is 2.32. The average molecular weight is 506 g/mol. The van der Waals surface area contributed by atoms with Crippen LogP contribution in [0.5, 0.6) is 0 Å². The van der Waals surface area contributed by atoms with E-state index < -0.39 is 0 Å². The fourth-order valence-electron chi connectivity index (χ4n) is 4.27. The molecular formula is C26H24BrN3OS. The van der Waals surface area contributed by atoms with Crippen LogP contribution in [0.25, 0.3) is 10.2 Å². The van der Waals surface area contributed by atoms with Crippen molar-refractivity contribution in [2.45, 2.75) is 12.3 Å². The van der Waals surface area contributed by atoms with Gasteiger partial charge in [-0.15, -0.1) is 0 Å². The van der Waals surface area contributed by atoms with Crippen LogP contribution in [-0.2, 0) is 4.79 Å². The molecule has 1 saturated heterocycles. The van der Waals surface area contributed by atoms with Crippen LogP contribution in [0.3, 0.4) is 0 Å². The molecule has 3 aromatic carbocycles. The summed E-state index contributed by atoms with van der Waals surface area (Å²) in [6, 6.07) is 26.9. The first-order valence-electron chi connectivity index (χ1n) is 10.9. The Hall–Kier alpha value is -2.70. The van der Waals surface area contributed by atoms with Crippen LogP contribution in [-0.4, -0.2) is 42.0 Å². The average Bonchev–Trinajstić information content (AvgIpc) is 3.27. The van der Waals surface area contributed by atoms with Crippen LogP contribution in [0, 0.1) is 0 Å². The van der Waals surface area contributed by atoms with E-state index in [1.165, 1.54) is 15.8 Å². The number of hydrogen-bond donors (Lipinski definition) is 0. The summed E-state index contributed by atoms with van der Waals surface area (Å²) in [5.74, 6) is 0.293. The number of rotatable bonds is 5. The Morgan fingerprint density at radius 2 is 1.53 bits per heavy atom. The highest BCUT2D eigenvalue weighted by atomic mass is 79.9. The number of amides is 1. The number of nitrogens with zero attached hydrogens (tertiary/aromatic N) is 3. The summed E-state index contributed by atoms with van der Waals surface area (Å²) in [6.07, 6.45) is 0.489. The molecule has 162 valence electrons. The van der Waals surface area contributed by atoms with E-state index in [0.717, 1.165) is 41.3 Å². The highest BCUT2D eigenvalue weighted by Gasteiger charge is 2.26. The third-order valence-corrected chi connectivity index (χ3v) is 7.60. The summed E-state index contributed by atoms with van der Waals surface area (Å²) in [5.41, 5.74) is 3.40. The maximum atomic E-state index is 13.3. The van der Waals surface area contributed by atoms with Crippen LogP contribution in [0.15, 0.2) is 83.3 Å². The van der Waals surface area contributed by atoms with Gasteiger partial charge in [0, 0.05) is 43.0 Å². The number of hydrogen-bond acceptors (Lipinski definition) is 4. The molecule has 0 bridgehead atoms. The van der Waals surface area contributed by atoms with Crippen molar-refractivity contribution in [2.24, 2.45) is 0 Å². The summed E-state index contributed by atoms with van der Waals surface area (Å²) >= 11 is 5.25. The molecule has 1 fully saturated rings. The summed E-state index contributed by atoms with van der Waals surface area (Å²) in [4.78, 5) is 22.4. The van der Waals surface area contributed by atoms with Crippen molar-refractivity contribution in [3.05, 3.63) is 94.5 Å². The van der Waals surface area contributed by atoms with Gasteiger partial charge in [-0.25, -0.2) is 4.98 Å². The van der Waals surface area contributed by atoms with Crippen molar-refractivity contribution in [1.29, 1.82) is 0 Å². The molecular weight excluding hydrogens is 482 g/mol. The summed E-state index contributed by atoms with van der Waals surface area (Å²) in [7, 11) is 0. The minimum Gasteiger partial charge on any atom is -0.345 e. The molecule has 4 nitrogen and oxygen atoms in total. The molecule has 1 aromatic heterocycles. The van der Waals surface area contributed by atoms with Crippen LogP contribution < -0.4 is 4.90 Å². The second kappa shape index (κ2) is 9.43. The molecule has 0 N–H and O–H groups in total. The molecule has 32 heavy (non-hydrogen) atoms. The zero-order valence-electron chi connectivity index (χ0n) is 17.7. The molecule has 1 aliphatic heterocycles. The Morgan fingerprint density at radius 1 is 0.906 bits per heavy atom. The molecule has 0 spiro atoms. The van der Waals surface area contributed by atoms with Crippen molar-refractivity contribution in [3.63, 3.8) is 0 Å². The van der Waals surface area contributed by atoms with E-state index in [1.807, 2.05) is 53.4 Å². The van der Waals surface area contributed by atoms with Gasteiger partial charge >= 0.3 is 0 Å². The molecule has 1 amide bonds. The van der Waals surface area contributed by atoms with Gasteiger partial charge in [-0.3, -0.25) is 4.79 Å². The van der Waals surface area contributed by atoms with Gasteiger partial charge in [0.1, 0.15) is 0 Å². The lowest BCUT2D eigenvalue weighted by atomic mass is 9.88. The zero-order valence-corrected chi connectivity index (χ0v) is 20.1. The van der Waals surface area contributed by atoms with Crippen LogP contribution in [0.4, 0.5) is 5.13 Å². The van der Waals surface area contributed by atoms with Gasteiger partial charge in [0.2, 0.25) is 5.91 Å². The largest absolute Gasteiger partial charge is 0.345 e. The van der Waals surface area contributed by atoms with Crippen LogP contribution >= 0.6 is 27.3 Å². The smallest absolute Gasteiger partial charge is 0.223 e. The molecule has 6 heteroatoms. The Morgan fingerprint density at radius 3 is 2.16 bits per heavy atom. The van der Waals surface area contributed by atoms with Gasteiger partial charge in [-0.05, 0) is 29.3 Å². The lowest BCUT2D eigenvalue weighted by molar-refractivity contribution is -0.131. The molecule has 0 unspecified atom stereocenters. The number of piperazine rings is 1. The number of fused-ring (bicyclic) bond motifs is 1. The normalized spacial score (nSPS) is 14.3. The second-order valence-corrected chi connectivity index (χ2v) is 9.98. The lowest BCUT2D eigenvalue weighted by Crippen LogP contribution is -2.49. The monoisotopic (exact) mass is 505 g/mol. The first-order chi connectivity index (χ1) is 15.7. The third kappa shape index (κ3) is 4.57. The zero-order chi connectivity index (χ0) is 21.9. The first-order valence-corrected chi connectivity index (χ1v) is 12.5. The molecule has 0 saturated carbocycles. The van der Waals surface area contributed by atoms with E-state index in [-0.39, 0.29) is 11.8 Å². The SMILES string of the molecule is O=C(CC(c1ccccc1)c1ccccc1)N1CCN(c2nc3ccc(Br)cc3s2)CC1. The lowest BCUT2D eigenvalue weighted by Gasteiger charge is -2.35. The number of carbonyl (C=O) groups is 1. The van der Waals surface area contributed by atoms with Gasteiger partial charge in [-0.2, -0.15) is 0 Å². The number of aromatic nitrogens is 1. The minimum absolute atomic E-state index is 0.0747. The number of benzene rings is 3. The maximum absolute atomic E-state index is 13.3. The van der Waals surface area contributed by atoms with Crippen molar-refractivity contribution in [2.75, 3.05) is 31.1 Å². The fraction of sp³-hybridized carbons (Fsp3) is 0.231. The molecule has 0 aliphatic carbocycles. The number of carbonyl (C=O) groups excluding carboxylic acids is 1. The Kier molecular flexibility index (Phi) is 6.23. The van der Waals surface area contributed by atoms with Crippen molar-refractivity contribution in [1.82, 2.24) is 9.88 Å². The van der Waals surface area contributed by atoms with E-state index in [0.29, 0.717) is 6.42 Å². The minimum atomic E-state index is 0.0747. The van der Waals surface area contributed by atoms with Crippen molar-refractivity contribution >= 4 is 48.5 Å². The van der Waals surface area contributed by atoms with E-state index in [1.54, 1.807) is 11.3 Å². The van der Waals surface area contributed by atoms with Gasteiger partial charge < -0.3 is 9.80 Å². The Balaban J connectivity index is 1.27. The number of halogens is 1. The van der Waals surface area contributed by atoms with Gasteiger partial charge in [-0.1, -0.05) is 87.9 Å². The molecule has 0 atom stereocenters. The first kappa shape index (κ1) is 21.2. The van der Waals surface area contributed by atoms with Crippen molar-refractivity contribution in [3.8, 4) is 0 Å². The predicted molar refractivity (Wildman–Crippen MR) is 135 cm³/mol. The van der Waals surface area contributed by atoms with Crippen LogP contribution in [0.2, 0.25) is 0 Å². The molecule has 2 heterocycles. The molecule has 4 aromatic rings. The highest BCUT2D eigenvalue weighted by molar-refractivity contribution is 9.10. The summed E-state index contributed by atoms with van der Waals surface area (Å²) < 4.78 is 2.25. The summed E-state index contributed by atoms with van der Waals surface area (Å²) in [5, 5.41) is 1.04. The molecule has 1 aliphatic rings. The molecule has 5 rings (SSSR count). The standard InChI is InChI=1S/C26H24BrN3OS/c27-21-11-12-23-24(17-21)32-26(28-23)30-15-13-29(14-16-30)25(31)18-22(19-7-3-1-4-8-19)20-9-5-2-6-10-20/h1-12,17,22H,13-16,18H2. The second-order valence-electron chi connectivity index (χ2n) is 8.05. The Bertz CT molecular complexity index is 1160. The van der Waals surface area contributed by atoms with Gasteiger partial charge in [0.25, 0.3) is 0 Å². The quantitative estimate of drug-likeness (QED) is 0.337. The van der Waals surface area contributed by atoms with Gasteiger partial charge in [0.05, 0.1) is 10.2 Å². The Labute approximate surface area is 200 Å². The topological polar surface area (TPSA) is 36.4 Å². The van der Waals surface area contributed by atoms with E-state index in [9.17, 15) is 4.79 Å². The van der Waals surface area contributed by atoms with E-state index in [4.69, 9.17) is 4.98 Å². The van der Waals surface area contributed by atoms with E-state index in [2.05, 4.69) is 51.2 Å². The maximum Gasteiger partial charge on any atom is 0.223 e. The molecule has 0 radical (unpaired) electrons. The fourth-order valence-corrected chi connectivity index (χ4v) is 5.84. The predicted octanol–water partition coefficient (Wildman–Crippen LogP) is 5.93. The third-order valence-electron chi connectivity index (χ3n) is 6.02. The number of anilines is 1. The van der Waals surface area contributed by atoms with Crippen molar-refractivity contribution < 1.29 is 4.79 Å².